The summed E-state index contributed by atoms with van der Waals surface area (Å²) >= 11 is 5.86. The number of carboxylic acid groups (broad SMARTS) is 1. The fourth-order valence-corrected chi connectivity index (χ4v) is 3.25. The normalized spacial score (nSPS) is 10.6. The highest BCUT2D eigenvalue weighted by Crippen LogP contribution is 2.28. The maximum Gasteiger partial charge on any atom is 0.337 e. The molecule has 0 saturated heterocycles. The maximum absolute atomic E-state index is 13.5. The van der Waals surface area contributed by atoms with E-state index in [1.165, 1.54) is 30.5 Å². The lowest BCUT2D eigenvalue weighted by atomic mass is 10.1. The van der Waals surface area contributed by atoms with Gasteiger partial charge in [0, 0.05) is 54.3 Å². The van der Waals surface area contributed by atoms with Crippen molar-refractivity contribution in [2.24, 2.45) is 0 Å². The van der Waals surface area contributed by atoms with Gasteiger partial charge in [-0.2, -0.15) is 4.98 Å². The highest BCUT2D eigenvalue weighted by Gasteiger charge is 2.13. The van der Waals surface area contributed by atoms with Gasteiger partial charge in [0.2, 0.25) is 5.95 Å². The number of aromatic nitrogens is 4. The van der Waals surface area contributed by atoms with Crippen LogP contribution in [0.15, 0.2) is 67.4 Å². The molecule has 0 radical (unpaired) electrons. The first kappa shape index (κ1) is 22.1. The molecule has 0 spiro atoms. The van der Waals surface area contributed by atoms with E-state index in [4.69, 9.17) is 11.6 Å². The number of nitrogens with zero attached hydrogens (tertiary/aromatic N) is 4. The number of rotatable bonds is 8. The van der Waals surface area contributed by atoms with E-state index in [1.54, 1.807) is 24.8 Å². The van der Waals surface area contributed by atoms with Crippen molar-refractivity contribution in [1.82, 2.24) is 19.9 Å². The molecule has 4 rings (SSSR count). The van der Waals surface area contributed by atoms with E-state index in [9.17, 15) is 14.3 Å². The lowest BCUT2D eigenvalue weighted by Crippen LogP contribution is -2.10. The quantitative estimate of drug-likeness (QED) is 0.340. The molecule has 8 nitrogen and oxygen atoms in total. The van der Waals surface area contributed by atoms with Crippen molar-refractivity contribution >= 4 is 35.0 Å². The second kappa shape index (κ2) is 10.0. The van der Waals surface area contributed by atoms with Crippen LogP contribution in [-0.2, 0) is 6.42 Å². The molecule has 0 saturated carbocycles. The third kappa shape index (κ3) is 5.58. The molecule has 0 unspecified atom stereocenters. The third-order valence-corrected chi connectivity index (χ3v) is 4.98. The van der Waals surface area contributed by atoms with Crippen LogP contribution in [0.5, 0.6) is 0 Å². The summed E-state index contributed by atoms with van der Waals surface area (Å²) in [5.41, 5.74) is 2.76. The van der Waals surface area contributed by atoms with Crippen LogP contribution >= 0.6 is 11.6 Å². The Hall–Kier alpha value is -4.11. The van der Waals surface area contributed by atoms with Crippen LogP contribution in [0, 0.1) is 5.82 Å². The second-order valence-corrected chi connectivity index (χ2v) is 7.42. The number of hydrogen-bond donors (Lipinski definition) is 3. The number of halogens is 2. The van der Waals surface area contributed by atoms with Gasteiger partial charge in [-0.05, 0) is 42.3 Å². The molecule has 0 fully saturated rings. The maximum atomic E-state index is 13.5. The summed E-state index contributed by atoms with van der Waals surface area (Å²) in [5.74, 6) is -0.869. The zero-order chi connectivity index (χ0) is 23.2. The molecule has 33 heavy (non-hydrogen) atoms. The van der Waals surface area contributed by atoms with Gasteiger partial charge in [-0.25, -0.2) is 14.2 Å². The van der Waals surface area contributed by atoms with Crippen molar-refractivity contribution in [2.75, 3.05) is 17.2 Å². The van der Waals surface area contributed by atoms with Crippen LogP contribution in [0.1, 0.15) is 15.9 Å². The summed E-state index contributed by atoms with van der Waals surface area (Å²) in [7, 11) is 0. The van der Waals surface area contributed by atoms with E-state index in [2.05, 4.69) is 30.6 Å². The van der Waals surface area contributed by atoms with Crippen LogP contribution in [0.3, 0.4) is 0 Å². The van der Waals surface area contributed by atoms with Crippen molar-refractivity contribution in [3.8, 4) is 11.1 Å². The highest BCUT2D eigenvalue weighted by molar-refractivity contribution is 6.31. The predicted octanol–water partition coefficient (Wildman–Crippen LogP) is 4.82. The fraction of sp³-hybridized carbons (Fsp3) is 0.0870. The standard InChI is InChI=1S/C23H18ClFN6O2/c24-19-9-17(3-4-20(19)25)30-23-29-13-18(15-8-16(22(32)33)12-27-11-15)21(31-23)28-7-5-14-2-1-6-26-10-14/h1-4,6,8-13H,5,7H2,(H,32,33)(H2,28,29,30,31). The molecule has 10 heteroatoms. The molecule has 0 aliphatic heterocycles. The molecule has 0 atom stereocenters. The highest BCUT2D eigenvalue weighted by atomic mass is 35.5. The van der Waals surface area contributed by atoms with E-state index < -0.39 is 11.8 Å². The summed E-state index contributed by atoms with van der Waals surface area (Å²) in [6, 6.07) is 9.55. The zero-order valence-electron chi connectivity index (χ0n) is 17.2. The Bertz CT molecular complexity index is 1290. The van der Waals surface area contributed by atoms with Gasteiger partial charge in [-0.3, -0.25) is 9.97 Å². The third-order valence-electron chi connectivity index (χ3n) is 4.69. The van der Waals surface area contributed by atoms with Gasteiger partial charge in [-0.1, -0.05) is 17.7 Å². The molecule has 1 aromatic carbocycles. The number of aromatic carboxylic acids is 1. The van der Waals surface area contributed by atoms with E-state index >= 15 is 0 Å². The lowest BCUT2D eigenvalue weighted by Gasteiger charge is -2.14. The Balaban J connectivity index is 1.63. The molecule has 0 bridgehead atoms. The SMILES string of the molecule is O=C(O)c1cncc(-c2cnc(Nc3ccc(F)c(Cl)c3)nc2NCCc2cccnc2)c1. The average Bonchev–Trinajstić information content (AvgIpc) is 2.82. The number of anilines is 3. The summed E-state index contributed by atoms with van der Waals surface area (Å²) in [5, 5.41) is 15.5. The Morgan fingerprint density at radius 3 is 2.73 bits per heavy atom. The monoisotopic (exact) mass is 464 g/mol. The van der Waals surface area contributed by atoms with Gasteiger partial charge >= 0.3 is 5.97 Å². The topological polar surface area (TPSA) is 113 Å². The fourth-order valence-electron chi connectivity index (χ4n) is 3.07. The summed E-state index contributed by atoms with van der Waals surface area (Å²) in [6.07, 6.45) is 8.58. The van der Waals surface area contributed by atoms with Gasteiger partial charge in [-0.15, -0.1) is 0 Å². The molecular formula is C23H18ClFN6O2. The van der Waals surface area contributed by atoms with Crippen LogP contribution in [0.2, 0.25) is 5.02 Å². The molecule has 0 aliphatic carbocycles. The summed E-state index contributed by atoms with van der Waals surface area (Å²) < 4.78 is 13.5. The first-order valence-corrected chi connectivity index (χ1v) is 10.3. The van der Waals surface area contributed by atoms with E-state index in [0.717, 1.165) is 5.56 Å². The molecule has 0 amide bonds. The number of nitrogens with one attached hydrogen (secondary N) is 2. The summed E-state index contributed by atoms with van der Waals surface area (Å²) in [6.45, 7) is 0.545. The molecule has 0 aliphatic rings. The Morgan fingerprint density at radius 1 is 1.09 bits per heavy atom. The first-order chi connectivity index (χ1) is 16.0. The van der Waals surface area contributed by atoms with Crippen molar-refractivity contribution in [1.29, 1.82) is 0 Å². The average molecular weight is 465 g/mol. The van der Waals surface area contributed by atoms with Gasteiger partial charge in [0.25, 0.3) is 0 Å². The molecule has 3 N–H and O–H groups in total. The first-order valence-electron chi connectivity index (χ1n) is 9.90. The van der Waals surface area contributed by atoms with Gasteiger partial charge in [0.1, 0.15) is 11.6 Å². The summed E-state index contributed by atoms with van der Waals surface area (Å²) in [4.78, 5) is 28.4. The van der Waals surface area contributed by atoms with Crippen molar-refractivity contribution in [3.63, 3.8) is 0 Å². The number of benzene rings is 1. The predicted molar refractivity (Wildman–Crippen MR) is 123 cm³/mol. The molecule has 3 heterocycles. The van der Waals surface area contributed by atoms with E-state index in [1.807, 2.05) is 12.1 Å². The zero-order valence-corrected chi connectivity index (χ0v) is 17.9. The second-order valence-electron chi connectivity index (χ2n) is 7.02. The smallest absolute Gasteiger partial charge is 0.337 e. The molecule has 166 valence electrons. The van der Waals surface area contributed by atoms with Gasteiger partial charge in [0.05, 0.1) is 10.6 Å². The number of pyridine rings is 2. The van der Waals surface area contributed by atoms with Gasteiger partial charge < -0.3 is 15.7 Å². The number of carboxylic acids is 1. The minimum atomic E-state index is -1.08. The van der Waals surface area contributed by atoms with Crippen LogP contribution < -0.4 is 10.6 Å². The van der Waals surface area contributed by atoms with Crippen molar-refractivity contribution in [2.45, 2.75) is 6.42 Å². The molecule has 4 aromatic rings. The Labute approximate surface area is 193 Å². The molecular weight excluding hydrogens is 447 g/mol. The largest absolute Gasteiger partial charge is 0.478 e. The lowest BCUT2D eigenvalue weighted by molar-refractivity contribution is 0.0696. The van der Waals surface area contributed by atoms with Crippen LogP contribution in [0.25, 0.3) is 11.1 Å². The van der Waals surface area contributed by atoms with Crippen molar-refractivity contribution < 1.29 is 14.3 Å². The minimum Gasteiger partial charge on any atom is -0.478 e. The van der Waals surface area contributed by atoms with Crippen molar-refractivity contribution in [3.05, 3.63) is 89.3 Å². The van der Waals surface area contributed by atoms with Gasteiger partial charge in [0.15, 0.2) is 0 Å². The van der Waals surface area contributed by atoms with E-state index in [0.29, 0.717) is 35.6 Å². The number of carbonyl (C=O) groups is 1. The van der Waals surface area contributed by atoms with E-state index in [-0.39, 0.29) is 16.5 Å². The minimum absolute atomic E-state index is 0.0250. The Morgan fingerprint density at radius 2 is 1.97 bits per heavy atom. The Kier molecular flexibility index (Phi) is 6.70. The number of hydrogen-bond acceptors (Lipinski definition) is 7. The van der Waals surface area contributed by atoms with Crippen LogP contribution in [-0.4, -0.2) is 37.6 Å². The molecule has 3 aromatic heterocycles. The van der Waals surface area contributed by atoms with Crippen LogP contribution in [0.4, 0.5) is 21.8 Å².